The van der Waals surface area contributed by atoms with Gasteiger partial charge in [0.2, 0.25) is 12.7 Å². The number of oxazole rings is 1. The Morgan fingerprint density at radius 2 is 1.97 bits per heavy atom. The van der Waals surface area contributed by atoms with Crippen LogP contribution in [0.25, 0.3) is 11.5 Å². The normalized spacial score (nSPS) is 17.6. The van der Waals surface area contributed by atoms with E-state index in [0.29, 0.717) is 28.5 Å². The molecule has 150 valence electrons. The number of rotatable bonds is 4. The third kappa shape index (κ3) is 3.38. The van der Waals surface area contributed by atoms with E-state index in [4.69, 9.17) is 30.5 Å². The molecule has 1 aliphatic carbocycles. The van der Waals surface area contributed by atoms with E-state index in [0.717, 1.165) is 36.4 Å². The summed E-state index contributed by atoms with van der Waals surface area (Å²) in [6.45, 7) is 2.88. The molecule has 29 heavy (non-hydrogen) atoms. The molecule has 1 aliphatic heterocycles. The highest BCUT2D eigenvalue weighted by Crippen LogP contribution is 2.41. The van der Waals surface area contributed by atoms with Crippen molar-refractivity contribution in [2.45, 2.75) is 38.8 Å². The predicted octanol–water partition coefficient (Wildman–Crippen LogP) is 5.54. The Morgan fingerprint density at radius 3 is 2.83 bits per heavy atom. The minimum Gasteiger partial charge on any atom is -0.454 e. The molecule has 0 amide bonds. The van der Waals surface area contributed by atoms with Crippen LogP contribution >= 0.6 is 11.6 Å². The average Bonchev–Trinajstić information content (AvgIpc) is 3.32. The molecule has 5 rings (SSSR count). The van der Waals surface area contributed by atoms with E-state index in [9.17, 15) is 0 Å². The fraction of sp³-hybridized carbons (Fsp3) is 0.348. The van der Waals surface area contributed by atoms with Gasteiger partial charge in [-0.3, -0.25) is 4.90 Å². The van der Waals surface area contributed by atoms with Crippen molar-refractivity contribution in [3.05, 3.63) is 64.0 Å². The molecule has 1 aromatic heterocycles. The Balaban J connectivity index is 1.41. The van der Waals surface area contributed by atoms with Crippen LogP contribution < -0.4 is 9.47 Å². The lowest BCUT2D eigenvalue weighted by atomic mass is 9.87. The summed E-state index contributed by atoms with van der Waals surface area (Å²) in [6.07, 6.45) is 3.53. The van der Waals surface area contributed by atoms with Gasteiger partial charge >= 0.3 is 0 Å². The van der Waals surface area contributed by atoms with Crippen molar-refractivity contribution in [3.63, 3.8) is 0 Å². The molecule has 0 saturated heterocycles. The lowest BCUT2D eigenvalue weighted by molar-refractivity contribution is 0.174. The Bertz CT molecular complexity index is 1060. The van der Waals surface area contributed by atoms with Crippen LogP contribution in [0.3, 0.4) is 0 Å². The van der Waals surface area contributed by atoms with Gasteiger partial charge in [-0.15, -0.1) is 0 Å². The molecule has 0 radical (unpaired) electrons. The summed E-state index contributed by atoms with van der Waals surface area (Å²) >= 11 is 6.44. The van der Waals surface area contributed by atoms with Gasteiger partial charge in [0, 0.05) is 18.7 Å². The Hall–Kier alpha value is -2.50. The van der Waals surface area contributed by atoms with E-state index in [1.54, 1.807) is 6.07 Å². The van der Waals surface area contributed by atoms with Gasteiger partial charge in [-0.25, -0.2) is 4.98 Å². The van der Waals surface area contributed by atoms with Gasteiger partial charge in [0.15, 0.2) is 11.5 Å². The number of aromatic nitrogens is 1. The summed E-state index contributed by atoms with van der Waals surface area (Å²) in [5, 5.41) is 0.539. The van der Waals surface area contributed by atoms with Crippen LogP contribution in [0.5, 0.6) is 11.5 Å². The van der Waals surface area contributed by atoms with E-state index >= 15 is 0 Å². The van der Waals surface area contributed by atoms with Gasteiger partial charge in [0.25, 0.3) is 0 Å². The van der Waals surface area contributed by atoms with Crippen molar-refractivity contribution >= 4 is 11.6 Å². The van der Waals surface area contributed by atoms with Crippen molar-refractivity contribution in [3.8, 4) is 23.0 Å². The van der Waals surface area contributed by atoms with Gasteiger partial charge in [0.1, 0.15) is 5.76 Å². The zero-order chi connectivity index (χ0) is 20.0. The highest BCUT2D eigenvalue weighted by atomic mass is 35.5. The van der Waals surface area contributed by atoms with Crippen molar-refractivity contribution < 1.29 is 13.9 Å². The molecule has 2 aliphatic rings. The van der Waals surface area contributed by atoms with Crippen LogP contribution in [0.2, 0.25) is 5.02 Å². The monoisotopic (exact) mass is 410 g/mol. The van der Waals surface area contributed by atoms with Gasteiger partial charge in [-0.2, -0.15) is 0 Å². The smallest absolute Gasteiger partial charge is 0.231 e. The minimum atomic E-state index is 0.207. The summed E-state index contributed by atoms with van der Waals surface area (Å²) in [5.74, 6) is 2.64. The third-order valence-electron chi connectivity index (χ3n) is 5.85. The van der Waals surface area contributed by atoms with E-state index in [-0.39, 0.29) is 6.79 Å². The lowest BCUT2D eigenvalue weighted by Gasteiger charge is -2.33. The van der Waals surface area contributed by atoms with Gasteiger partial charge < -0.3 is 13.9 Å². The topological polar surface area (TPSA) is 47.7 Å². The first-order valence-electron chi connectivity index (χ1n) is 9.94. The number of halogens is 1. The zero-order valence-corrected chi connectivity index (χ0v) is 17.3. The molecule has 0 N–H and O–H groups in total. The molecule has 0 spiro atoms. The maximum absolute atomic E-state index is 6.44. The van der Waals surface area contributed by atoms with E-state index in [1.165, 1.54) is 17.5 Å². The molecule has 1 unspecified atom stereocenters. The standard InChI is InChI=1S/C23H23ClN2O3/c1-14-19(12-26(2)20-9-5-7-15-6-3-4-8-16(15)20)25-23(29-14)17-10-21-22(11-18(17)24)28-13-27-21/h3-4,6,8,10-11,20H,5,7,9,12-13H2,1-2H3. The summed E-state index contributed by atoms with van der Waals surface area (Å²) in [7, 11) is 2.16. The van der Waals surface area contributed by atoms with E-state index < -0.39 is 0 Å². The van der Waals surface area contributed by atoms with Gasteiger partial charge in [-0.05, 0) is 50.4 Å². The fourth-order valence-corrected chi connectivity index (χ4v) is 4.54. The molecule has 1 atom stereocenters. The first-order chi connectivity index (χ1) is 14.1. The fourth-order valence-electron chi connectivity index (χ4n) is 4.30. The first-order valence-corrected chi connectivity index (χ1v) is 10.3. The van der Waals surface area contributed by atoms with Crippen molar-refractivity contribution in [2.24, 2.45) is 0 Å². The van der Waals surface area contributed by atoms with E-state index in [2.05, 4.69) is 36.2 Å². The Kier molecular flexibility index (Phi) is 4.72. The molecule has 6 heteroatoms. The van der Waals surface area contributed by atoms with Crippen LogP contribution in [-0.4, -0.2) is 23.7 Å². The SMILES string of the molecule is Cc1oc(-c2cc3c(cc2Cl)OCO3)nc1CN(C)C1CCCc2ccccc21. The second-order valence-corrected chi connectivity index (χ2v) is 8.14. The summed E-state index contributed by atoms with van der Waals surface area (Å²) < 4.78 is 16.8. The summed E-state index contributed by atoms with van der Waals surface area (Å²) in [5.41, 5.74) is 4.54. The molecule has 5 nitrogen and oxygen atoms in total. The molecule has 0 fully saturated rings. The molecule has 2 heterocycles. The molecule has 3 aromatic rings. The van der Waals surface area contributed by atoms with Crippen molar-refractivity contribution in [1.29, 1.82) is 0 Å². The third-order valence-corrected chi connectivity index (χ3v) is 6.17. The van der Waals surface area contributed by atoms with Crippen LogP contribution in [0.15, 0.2) is 40.8 Å². The largest absolute Gasteiger partial charge is 0.454 e. The van der Waals surface area contributed by atoms with Crippen LogP contribution in [0.1, 0.15) is 41.5 Å². The highest BCUT2D eigenvalue weighted by Gasteiger charge is 2.26. The quantitative estimate of drug-likeness (QED) is 0.565. The maximum Gasteiger partial charge on any atom is 0.231 e. The lowest BCUT2D eigenvalue weighted by Crippen LogP contribution is -2.27. The summed E-state index contributed by atoms with van der Waals surface area (Å²) in [4.78, 5) is 7.14. The predicted molar refractivity (Wildman–Crippen MR) is 111 cm³/mol. The Labute approximate surface area is 175 Å². The molecule has 0 bridgehead atoms. The number of hydrogen-bond donors (Lipinski definition) is 0. The highest BCUT2D eigenvalue weighted by molar-refractivity contribution is 6.33. The van der Waals surface area contributed by atoms with Gasteiger partial charge in [0.05, 0.1) is 16.3 Å². The second-order valence-electron chi connectivity index (χ2n) is 7.73. The average molecular weight is 411 g/mol. The first kappa shape index (κ1) is 18.5. The maximum atomic E-state index is 6.44. The molecule has 0 saturated carbocycles. The number of nitrogens with zero attached hydrogens (tertiary/aromatic N) is 2. The number of aryl methyl sites for hydroxylation is 2. The second kappa shape index (κ2) is 7.39. The van der Waals surface area contributed by atoms with Crippen molar-refractivity contribution in [2.75, 3.05) is 13.8 Å². The van der Waals surface area contributed by atoms with E-state index in [1.807, 2.05) is 13.0 Å². The molecule has 2 aromatic carbocycles. The van der Waals surface area contributed by atoms with Crippen LogP contribution in [0, 0.1) is 6.92 Å². The minimum absolute atomic E-state index is 0.207. The van der Waals surface area contributed by atoms with Crippen LogP contribution in [-0.2, 0) is 13.0 Å². The number of fused-ring (bicyclic) bond motifs is 2. The number of hydrogen-bond acceptors (Lipinski definition) is 5. The number of benzene rings is 2. The van der Waals surface area contributed by atoms with Crippen LogP contribution in [0.4, 0.5) is 0 Å². The zero-order valence-electron chi connectivity index (χ0n) is 16.6. The number of ether oxygens (including phenoxy) is 2. The molecular weight excluding hydrogens is 388 g/mol. The molecular formula is C23H23ClN2O3. The summed E-state index contributed by atoms with van der Waals surface area (Å²) in [6, 6.07) is 12.7. The van der Waals surface area contributed by atoms with Gasteiger partial charge in [-0.1, -0.05) is 35.9 Å². The Morgan fingerprint density at radius 1 is 1.17 bits per heavy atom. The van der Waals surface area contributed by atoms with Crippen molar-refractivity contribution in [1.82, 2.24) is 9.88 Å².